The summed E-state index contributed by atoms with van der Waals surface area (Å²) in [7, 11) is -4.12. The number of aromatic nitrogens is 1. The molecule has 142 valence electrons. The van der Waals surface area contributed by atoms with E-state index in [0.717, 1.165) is 23.1 Å². The molecule has 0 saturated heterocycles. The van der Waals surface area contributed by atoms with E-state index in [2.05, 4.69) is 9.71 Å². The Labute approximate surface area is 156 Å². The molecule has 27 heavy (non-hydrogen) atoms. The molecule has 0 bridgehead atoms. The van der Waals surface area contributed by atoms with Gasteiger partial charge in [-0.3, -0.25) is 9.52 Å². The molecule has 1 aromatic heterocycles. The Bertz CT molecular complexity index is 1170. The number of pyridine rings is 1. The summed E-state index contributed by atoms with van der Waals surface area (Å²) in [6, 6.07) is 10.2. The van der Waals surface area contributed by atoms with Crippen LogP contribution in [0.2, 0.25) is 0 Å². The van der Waals surface area contributed by atoms with Gasteiger partial charge in [-0.05, 0) is 42.7 Å². The molecular weight excluding hydrogens is 401 g/mol. The predicted molar refractivity (Wildman–Crippen MR) is 98.6 cm³/mol. The maximum absolute atomic E-state index is 13.2. The van der Waals surface area contributed by atoms with Gasteiger partial charge in [-0.15, -0.1) is 11.8 Å². The summed E-state index contributed by atoms with van der Waals surface area (Å²) < 4.78 is 67.3. The summed E-state index contributed by atoms with van der Waals surface area (Å²) in [6.07, 6.45) is -2.97. The van der Waals surface area contributed by atoms with Crippen molar-refractivity contribution in [1.29, 1.82) is 0 Å². The third-order valence-corrected chi connectivity index (χ3v) is 5.86. The number of sulfonamides is 1. The van der Waals surface area contributed by atoms with Crippen molar-refractivity contribution in [1.82, 2.24) is 4.98 Å². The van der Waals surface area contributed by atoms with E-state index in [1.807, 2.05) is 6.26 Å². The van der Waals surface area contributed by atoms with Crippen LogP contribution in [0.15, 0.2) is 63.1 Å². The smallest absolute Gasteiger partial charge is 0.322 e. The summed E-state index contributed by atoms with van der Waals surface area (Å²) in [6.45, 7) is 0. The van der Waals surface area contributed by atoms with Crippen LogP contribution in [-0.2, 0) is 16.2 Å². The molecule has 0 amide bonds. The Kier molecular flexibility index (Phi) is 4.96. The zero-order valence-corrected chi connectivity index (χ0v) is 15.4. The fraction of sp³-hybridized carbons (Fsp3) is 0.118. The third kappa shape index (κ3) is 4.11. The first kappa shape index (κ1) is 19.3. The first-order valence-electron chi connectivity index (χ1n) is 7.51. The second-order valence-electron chi connectivity index (χ2n) is 5.59. The number of alkyl halides is 3. The van der Waals surface area contributed by atoms with Gasteiger partial charge >= 0.3 is 6.18 Å². The monoisotopic (exact) mass is 414 g/mol. The predicted octanol–water partition coefficient (Wildman–Crippen LogP) is 4.07. The Hall–Kier alpha value is -2.46. The highest BCUT2D eigenvalue weighted by Gasteiger charge is 2.33. The molecule has 3 aromatic rings. The van der Waals surface area contributed by atoms with Crippen LogP contribution in [0.1, 0.15) is 5.56 Å². The van der Waals surface area contributed by atoms with Gasteiger partial charge in [0.25, 0.3) is 10.0 Å². The summed E-state index contributed by atoms with van der Waals surface area (Å²) in [5.41, 5.74) is -1.92. The van der Waals surface area contributed by atoms with E-state index in [4.69, 9.17) is 0 Å². The van der Waals surface area contributed by atoms with Crippen LogP contribution in [0.3, 0.4) is 0 Å². The highest BCUT2D eigenvalue weighted by molar-refractivity contribution is 7.98. The van der Waals surface area contributed by atoms with Crippen molar-refractivity contribution in [2.75, 3.05) is 11.0 Å². The van der Waals surface area contributed by atoms with Crippen LogP contribution < -0.4 is 10.3 Å². The average Bonchev–Trinajstić information content (AvgIpc) is 2.59. The minimum absolute atomic E-state index is 0.0989. The molecule has 3 rings (SSSR count). The zero-order chi connectivity index (χ0) is 19.8. The molecule has 2 aromatic carbocycles. The Morgan fingerprint density at radius 3 is 2.48 bits per heavy atom. The van der Waals surface area contributed by atoms with Crippen LogP contribution >= 0.6 is 11.8 Å². The van der Waals surface area contributed by atoms with Gasteiger partial charge in [0.15, 0.2) is 0 Å². The molecule has 0 aliphatic heterocycles. The van der Waals surface area contributed by atoms with E-state index in [1.54, 1.807) is 18.2 Å². The molecule has 0 fully saturated rings. The van der Waals surface area contributed by atoms with Crippen molar-refractivity contribution in [3.63, 3.8) is 0 Å². The number of nitrogens with one attached hydrogen (secondary N) is 2. The molecule has 0 saturated carbocycles. The zero-order valence-electron chi connectivity index (χ0n) is 13.8. The first-order valence-corrected chi connectivity index (χ1v) is 10.2. The lowest BCUT2D eigenvalue weighted by Crippen LogP contribution is -2.16. The lowest BCUT2D eigenvalue weighted by atomic mass is 10.1. The van der Waals surface area contributed by atoms with E-state index in [-0.39, 0.29) is 10.4 Å². The number of rotatable bonds is 4. The second-order valence-corrected chi connectivity index (χ2v) is 8.15. The highest BCUT2D eigenvalue weighted by atomic mass is 32.2. The normalized spacial score (nSPS) is 12.3. The van der Waals surface area contributed by atoms with E-state index >= 15 is 0 Å². The molecule has 0 unspecified atom stereocenters. The molecule has 0 aliphatic rings. The summed E-state index contributed by atoms with van der Waals surface area (Å²) in [5.74, 6) is 0. The number of anilines is 1. The van der Waals surface area contributed by atoms with E-state index < -0.39 is 32.7 Å². The number of H-pyrrole nitrogens is 1. The van der Waals surface area contributed by atoms with Crippen LogP contribution in [0, 0.1) is 0 Å². The van der Waals surface area contributed by atoms with Crippen molar-refractivity contribution in [3.8, 4) is 0 Å². The van der Waals surface area contributed by atoms with Gasteiger partial charge < -0.3 is 4.98 Å². The number of hydrogen-bond donors (Lipinski definition) is 2. The molecule has 1 heterocycles. The largest absolute Gasteiger partial charge is 0.417 e. The Balaban J connectivity index is 2.10. The topological polar surface area (TPSA) is 79.0 Å². The van der Waals surface area contributed by atoms with Crippen LogP contribution in [-0.4, -0.2) is 19.7 Å². The molecule has 0 aliphatic carbocycles. The van der Waals surface area contributed by atoms with Crippen molar-refractivity contribution in [3.05, 3.63) is 64.4 Å². The fourth-order valence-electron chi connectivity index (χ4n) is 2.54. The summed E-state index contributed by atoms with van der Waals surface area (Å²) in [5, 5.41) is -0.400. The number of halogens is 3. The number of fused-ring (bicyclic) bond motifs is 1. The van der Waals surface area contributed by atoms with Crippen molar-refractivity contribution >= 4 is 38.4 Å². The Morgan fingerprint density at radius 1 is 1.07 bits per heavy atom. The molecular formula is C17H13F3N2O3S2. The first-order chi connectivity index (χ1) is 12.6. The minimum atomic E-state index is -4.80. The maximum atomic E-state index is 13.2. The van der Waals surface area contributed by atoms with E-state index in [0.29, 0.717) is 11.8 Å². The summed E-state index contributed by atoms with van der Waals surface area (Å²) in [4.78, 5) is 14.2. The summed E-state index contributed by atoms with van der Waals surface area (Å²) >= 11 is 1.42. The van der Waals surface area contributed by atoms with Gasteiger partial charge in [-0.1, -0.05) is 6.07 Å². The SMILES string of the molecule is CSc1cccc(NS(=O)(=O)c2ccc3[nH]c(=O)cc(C(F)(F)F)c3c2)c1. The van der Waals surface area contributed by atoms with Gasteiger partial charge in [-0.25, -0.2) is 8.42 Å². The standard InChI is InChI=1S/C17H13F3N2O3S2/c1-26-11-4-2-3-10(7-11)22-27(24,25)12-5-6-15-13(8-12)14(17(18,19)20)9-16(23)21-15/h2-9,22H,1H3,(H,21,23). The van der Waals surface area contributed by atoms with Crippen molar-refractivity contribution in [2.45, 2.75) is 16.0 Å². The average molecular weight is 414 g/mol. The fourth-order valence-corrected chi connectivity index (χ4v) is 4.07. The second kappa shape index (κ2) is 6.93. The number of thioether (sulfide) groups is 1. The van der Waals surface area contributed by atoms with Gasteiger partial charge in [0, 0.05) is 27.6 Å². The van der Waals surface area contributed by atoms with Gasteiger partial charge in [-0.2, -0.15) is 13.2 Å². The molecule has 0 radical (unpaired) electrons. The third-order valence-electron chi connectivity index (χ3n) is 3.75. The number of hydrogen-bond acceptors (Lipinski definition) is 4. The number of aromatic amines is 1. The highest BCUT2D eigenvalue weighted by Crippen LogP contribution is 2.34. The maximum Gasteiger partial charge on any atom is 0.417 e. The lowest BCUT2D eigenvalue weighted by Gasteiger charge is -2.13. The van der Waals surface area contributed by atoms with Crippen LogP contribution in [0.25, 0.3) is 10.9 Å². The van der Waals surface area contributed by atoms with Crippen molar-refractivity contribution < 1.29 is 21.6 Å². The molecule has 10 heteroatoms. The van der Waals surface area contributed by atoms with E-state index in [9.17, 15) is 26.4 Å². The van der Waals surface area contributed by atoms with Gasteiger partial charge in [0.2, 0.25) is 5.56 Å². The van der Waals surface area contributed by atoms with Crippen LogP contribution in [0.5, 0.6) is 0 Å². The minimum Gasteiger partial charge on any atom is -0.322 e. The Morgan fingerprint density at radius 2 is 1.81 bits per heavy atom. The van der Waals surface area contributed by atoms with E-state index in [1.165, 1.54) is 17.8 Å². The van der Waals surface area contributed by atoms with Gasteiger partial charge in [0.1, 0.15) is 0 Å². The number of benzene rings is 2. The molecule has 5 nitrogen and oxygen atoms in total. The van der Waals surface area contributed by atoms with Crippen molar-refractivity contribution in [2.24, 2.45) is 0 Å². The van der Waals surface area contributed by atoms with Gasteiger partial charge in [0.05, 0.1) is 10.5 Å². The molecule has 0 atom stereocenters. The quantitative estimate of drug-likeness (QED) is 0.631. The molecule has 2 N–H and O–H groups in total. The molecule has 0 spiro atoms. The van der Waals surface area contributed by atoms with Crippen LogP contribution in [0.4, 0.5) is 18.9 Å². The lowest BCUT2D eigenvalue weighted by molar-refractivity contribution is -0.136.